The fraction of sp³-hybridized carbons (Fsp3) is 0.455. The molecule has 0 saturated carbocycles. The summed E-state index contributed by atoms with van der Waals surface area (Å²) in [5.41, 5.74) is 4.43. The molecule has 0 N–H and O–H groups in total. The highest BCUT2D eigenvalue weighted by molar-refractivity contribution is 5.28. The molecule has 0 fully saturated rings. The van der Waals surface area contributed by atoms with E-state index in [2.05, 4.69) is 39.0 Å². The van der Waals surface area contributed by atoms with Crippen molar-refractivity contribution in [1.29, 1.82) is 0 Å². The van der Waals surface area contributed by atoms with Crippen LogP contribution in [0.4, 0.5) is 0 Å². The van der Waals surface area contributed by atoms with Crippen LogP contribution in [0.5, 0.6) is 0 Å². The summed E-state index contributed by atoms with van der Waals surface area (Å²) in [6, 6.07) is 0. The average Bonchev–Trinajstić information content (AvgIpc) is 1.98. The van der Waals surface area contributed by atoms with Gasteiger partial charge in [0.15, 0.2) is 0 Å². The summed E-state index contributed by atoms with van der Waals surface area (Å²) in [6.07, 6.45) is 8.98. The molecule has 0 radical (unpaired) electrons. The zero-order valence-corrected chi connectivity index (χ0v) is 7.65. The molecule has 1 rings (SSSR count). The van der Waals surface area contributed by atoms with Crippen LogP contribution in [0.3, 0.4) is 0 Å². The number of hydrogen-bond acceptors (Lipinski definition) is 0. The van der Waals surface area contributed by atoms with Crippen LogP contribution in [0.2, 0.25) is 0 Å². The Labute approximate surface area is 69.3 Å². The minimum atomic E-state index is 1.22. The lowest BCUT2D eigenvalue weighted by Gasteiger charge is -2.06. The fourth-order valence-electron chi connectivity index (χ4n) is 1.16. The predicted octanol–water partition coefficient (Wildman–Crippen LogP) is 3.62. The molecule has 0 aliphatic heterocycles. The van der Waals surface area contributed by atoms with E-state index in [9.17, 15) is 0 Å². The van der Waals surface area contributed by atoms with Gasteiger partial charge in [-0.15, -0.1) is 0 Å². The monoisotopic (exact) mass is 148 g/mol. The van der Waals surface area contributed by atoms with Crippen molar-refractivity contribution in [2.24, 2.45) is 0 Å². The Hall–Kier alpha value is -0.780. The molecule has 0 heterocycles. The van der Waals surface area contributed by atoms with Gasteiger partial charge in [0.25, 0.3) is 0 Å². The van der Waals surface area contributed by atoms with Crippen LogP contribution in [0.1, 0.15) is 33.6 Å². The van der Waals surface area contributed by atoms with E-state index in [1.165, 1.54) is 29.6 Å². The topological polar surface area (TPSA) is 0 Å². The molecule has 1 aliphatic carbocycles. The van der Waals surface area contributed by atoms with Crippen molar-refractivity contribution < 1.29 is 0 Å². The minimum absolute atomic E-state index is 1.22. The lowest BCUT2D eigenvalue weighted by molar-refractivity contribution is 0.910. The molecular formula is C11H16. The molecule has 0 spiro atoms. The molecule has 60 valence electrons. The summed E-state index contributed by atoms with van der Waals surface area (Å²) < 4.78 is 0. The van der Waals surface area contributed by atoms with Crippen LogP contribution in [0.25, 0.3) is 0 Å². The lowest BCUT2D eigenvalue weighted by atomic mass is 10.00. The van der Waals surface area contributed by atoms with Gasteiger partial charge in [0.05, 0.1) is 0 Å². The quantitative estimate of drug-likeness (QED) is 0.492. The summed E-state index contributed by atoms with van der Waals surface area (Å²) in [5, 5.41) is 0. The van der Waals surface area contributed by atoms with Gasteiger partial charge in [0.1, 0.15) is 0 Å². The van der Waals surface area contributed by atoms with Crippen LogP contribution in [0.15, 0.2) is 34.9 Å². The van der Waals surface area contributed by atoms with Gasteiger partial charge in [-0.1, -0.05) is 34.9 Å². The molecule has 0 heteroatoms. The third-order valence-corrected chi connectivity index (χ3v) is 2.29. The first kappa shape index (κ1) is 8.32. The van der Waals surface area contributed by atoms with Gasteiger partial charge in [-0.25, -0.2) is 0 Å². The zero-order valence-electron chi connectivity index (χ0n) is 7.65. The highest BCUT2D eigenvalue weighted by atomic mass is 14.0. The van der Waals surface area contributed by atoms with E-state index >= 15 is 0 Å². The average molecular weight is 148 g/mol. The Morgan fingerprint density at radius 2 is 1.82 bits per heavy atom. The zero-order chi connectivity index (χ0) is 8.27. The van der Waals surface area contributed by atoms with E-state index in [1.54, 1.807) is 0 Å². The van der Waals surface area contributed by atoms with Crippen molar-refractivity contribution in [1.82, 2.24) is 0 Å². The Balaban J connectivity index is 2.83. The molecule has 0 unspecified atom stereocenters. The van der Waals surface area contributed by atoms with Gasteiger partial charge in [-0.05, 0) is 33.6 Å². The Morgan fingerprint density at radius 1 is 1.09 bits per heavy atom. The van der Waals surface area contributed by atoms with Gasteiger partial charge in [-0.2, -0.15) is 0 Å². The molecule has 0 nitrogen and oxygen atoms in total. The van der Waals surface area contributed by atoms with Crippen molar-refractivity contribution >= 4 is 0 Å². The summed E-state index contributed by atoms with van der Waals surface area (Å²) in [6.45, 7) is 6.59. The standard InChI is InChI=1S/C11H16/c1-9-5-4-6-10(2)11(3)8-7-9/h4-6H,7-8H2,1-3H3/b6-4-,9-5-,11-10+. The number of allylic oxidation sites excluding steroid dienone is 6. The van der Waals surface area contributed by atoms with Crippen LogP contribution in [-0.2, 0) is 0 Å². The second-order valence-electron chi connectivity index (χ2n) is 3.34. The molecule has 0 aromatic rings. The van der Waals surface area contributed by atoms with Crippen molar-refractivity contribution in [3.05, 3.63) is 34.9 Å². The van der Waals surface area contributed by atoms with E-state index < -0.39 is 0 Å². The predicted molar refractivity (Wildman–Crippen MR) is 50.5 cm³/mol. The fourth-order valence-corrected chi connectivity index (χ4v) is 1.16. The van der Waals surface area contributed by atoms with Gasteiger partial charge in [-0.3, -0.25) is 0 Å². The highest BCUT2D eigenvalue weighted by Crippen LogP contribution is 2.17. The van der Waals surface area contributed by atoms with Crippen LogP contribution in [0, 0.1) is 0 Å². The van der Waals surface area contributed by atoms with E-state index in [1.807, 2.05) is 0 Å². The Bertz CT molecular complexity index is 226. The summed E-state index contributed by atoms with van der Waals surface area (Å²) in [5.74, 6) is 0. The second-order valence-corrected chi connectivity index (χ2v) is 3.34. The van der Waals surface area contributed by atoms with Gasteiger partial charge in [0.2, 0.25) is 0 Å². The second kappa shape index (κ2) is 3.56. The van der Waals surface area contributed by atoms with Gasteiger partial charge < -0.3 is 0 Å². The Morgan fingerprint density at radius 3 is 2.55 bits per heavy atom. The maximum atomic E-state index is 2.22. The smallest absolute Gasteiger partial charge is 0.0280 e. The first-order valence-corrected chi connectivity index (χ1v) is 4.20. The minimum Gasteiger partial charge on any atom is -0.0730 e. The normalized spacial score (nSPS) is 33.5. The molecule has 0 amide bonds. The summed E-state index contributed by atoms with van der Waals surface area (Å²) >= 11 is 0. The third-order valence-electron chi connectivity index (χ3n) is 2.29. The maximum Gasteiger partial charge on any atom is -0.0280 e. The van der Waals surface area contributed by atoms with Gasteiger partial charge >= 0.3 is 0 Å². The van der Waals surface area contributed by atoms with E-state index in [4.69, 9.17) is 0 Å². The number of hydrogen-bond donors (Lipinski definition) is 0. The molecule has 0 saturated heterocycles. The van der Waals surface area contributed by atoms with Crippen molar-refractivity contribution in [3.63, 3.8) is 0 Å². The first-order valence-electron chi connectivity index (χ1n) is 4.20. The largest absolute Gasteiger partial charge is 0.0730 e. The summed E-state index contributed by atoms with van der Waals surface area (Å²) in [4.78, 5) is 0. The lowest BCUT2D eigenvalue weighted by Crippen LogP contribution is -1.86. The summed E-state index contributed by atoms with van der Waals surface area (Å²) in [7, 11) is 0. The van der Waals surface area contributed by atoms with Crippen molar-refractivity contribution in [2.75, 3.05) is 0 Å². The number of rotatable bonds is 0. The molecular weight excluding hydrogens is 132 g/mol. The Kier molecular flexibility index (Phi) is 2.70. The van der Waals surface area contributed by atoms with Gasteiger partial charge in [0, 0.05) is 0 Å². The van der Waals surface area contributed by atoms with Crippen molar-refractivity contribution in [3.8, 4) is 0 Å². The molecule has 0 atom stereocenters. The van der Waals surface area contributed by atoms with Crippen LogP contribution < -0.4 is 0 Å². The maximum absolute atomic E-state index is 2.22. The van der Waals surface area contributed by atoms with E-state index in [-0.39, 0.29) is 0 Å². The van der Waals surface area contributed by atoms with E-state index in [0.29, 0.717) is 0 Å². The molecule has 1 aliphatic rings. The first-order chi connectivity index (χ1) is 5.20. The highest BCUT2D eigenvalue weighted by Gasteiger charge is 1.97. The van der Waals surface area contributed by atoms with E-state index in [0.717, 1.165) is 0 Å². The van der Waals surface area contributed by atoms with Crippen LogP contribution >= 0.6 is 0 Å². The van der Waals surface area contributed by atoms with Crippen molar-refractivity contribution in [2.45, 2.75) is 33.6 Å². The SMILES string of the molecule is C/C1=C/C=C\C(C)=C(/C)CC1. The molecule has 11 heavy (non-hydrogen) atoms. The van der Waals surface area contributed by atoms with Crippen LogP contribution in [-0.4, -0.2) is 0 Å². The molecule has 0 aromatic heterocycles. The molecule has 0 bridgehead atoms. The molecule has 0 aromatic carbocycles. The third kappa shape index (κ3) is 2.38.